The van der Waals surface area contributed by atoms with Crippen LogP contribution in [0.2, 0.25) is 0 Å². The summed E-state index contributed by atoms with van der Waals surface area (Å²) in [6.07, 6.45) is 3.11. The molecule has 94 valence electrons. The van der Waals surface area contributed by atoms with Crippen LogP contribution in [0.1, 0.15) is 30.7 Å². The highest BCUT2D eigenvalue weighted by atomic mass is 16.5. The van der Waals surface area contributed by atoms with Crippen LogP contribution in [0.15, 0.2) is 24.3 Å². The van der Waals surface area contributed by atoms with Crippen molar-refractivity contribution in [2.75, 3.05) is 26.3 Å². The molecular weight excluding hydrogens is 214 g/mol. The van der Waals surface area contributed by atoms with E-state index in [0.717, 1.165) is 18.8 Å². The minimum atomic E-state index is 0.188. The van der Waals surface area contributed by atoms with E-state index in [1.54, 1.807) is 0 Å². The van der Waals surface area contributed by atoms with Gasteiger partial charge in [-0.25, -0.2) is 0 Å². The molecule has 0 spiro atoms. The fourth-order valence-corrected chi connectivity index (χ4v) is 2.27. The molecule has 3 nitrogen and oxygen atoms in total. The van der Waals surface area contributed by atoms with E-state index in [0.29, 0.717) is 18.9 Å². The third kappa shape index (κ3) is 3.72. The standard InChI is InChI=1S/C14H21NO2/c16-9-2-10-17-14-4-1-3-13(11-14)12-5-7-15-8-6-12/h1,3-4,11-12,15-16H,2,5-10H2. The van der Waals surface area contributed by atoms with Crippen molar-refractivity contribution >= 4 is 0 Å². The third-order valence-corrected chi connectivity index (χ3v) is 3.24. The first-order valence-corrected chi connectivity index (χ1v) is 6.44. The SMILES string of the molecule is OCCCOc1cccc(C2CCNCC2)c1. The first kappa shape index (κ1) is 12.4. The Balaban J connectivity index is 1.95. The van der Waals surface area contributed by atoms with Gasteiger partial charge in [0, 0.05) is 13.0 Å². The van der Waals surface area contributed by atoms with E-state index < -0.39 is 0 Å². The van der Waals surface area contributed by atoms with Crippen LogP contribution in [-0.2, 0) is 0 Å². The fraction of sp³-hybridized carbons (Fsp3) is 0.571. The van der Waals surface area contributed by atoms with E-state index >= 15 is 0 Å². The van der Waals surface area contributed by atoms with E-state index in [1.165, 1.54) is 18.4 Å². The summed E-state index contributed by atoms with van der Waals surface area (Å²) in [5.41, 5.74) is 1.38. The maximum absolute atomic E-state index is 8.72. The molecule has 0 radical (unpaired) electrons. The van der Waals surface area contributed by atoms with Crippen LogP contribution < -0.4 is 10.1 Å². The molecule has 0 bridgehead atoms. The molecule has 0 saturated carbocycles. The molecule has 2 N–H and O–H groups in total. The Morgan fingerprint density at radius 2 is 2.12 bits per heavy atom. The Labute approximate surface area is 103 Å². The average Bonchev–Trinajstić information content (AvgIpc) is 2.41. The lowest BCUT2D eigenvalue weighted by Gasteiger charge is -2.23. The summed E-state index contributed by atoms with van der Waals surface area (Å²) in [5.74, 6) is 1.59. The summed E-state index contributed by atoms with van der Waals surface area (Å²) in [4.78, 5) is 0. The summed E-state index contributed by atoms with van der Waals surface area (Å²) in [7, 11) is 0. The van der Waals surface area contributed by atoms with Gasteiger partial charge in [0.05, 0.1) is 6.61 Å². The molecule has 1 aromatic carbocycles. The predicted molar refractivity (Wildman–Crippen MR) is 68.5 cm³/mol. The van der Waals surface area contributed by atoms with Crippen molar-refractivity contribution in [2.45, 2.75) is 25.2 Å². The van der Waals surface area contributed by atoms with Gasteiger partial charge in [0.2, 0.25) is 0 Å². The van der Waals surface area contributed by atoms with Gasteiger partial charge in [0.1, 0.15) is 5.75 Å². The van der Waals surface area contributed by atoms with Crippen molar-refractivity contribution in [3.63, 3.8) is 0 Å². The molecule has 1 fully saturated rings. The fourth-order valence-electron chi connectivity index (χ4n) is 2.27. The lowest BCUT2D eigenvalue weighted by atomic mass is 9.90. The Morgan fingerprint density at radius 1 is 1.29 bits per heavy atom. The molecule has 0 aliphatic carbocycles. The number of piperidine rings is 1. The van der Waals surface area contributed by atoms with Gasteiger partial charge >= 0.3 is 0 Å². The van der Waals surface area contributed by atoms with Crippen molar-refractivity contribution in [3.8, 4) is 5.75 Å². The van der Waals surface area contributed by atoms with Crippen LogP contribution in [0.5, 0.6) is 5.75 Å². The molecule has 1 aliphatic rings. The number of ether oxygens (including phenoxy) is 1. The topological polar surface area (TPSA) is 41.5 Å². The number of rotatable bonds is 5. The van der Waals surface area contributed by atoms with Crippen molar-refractivity contribution in [2.24, 2.45) is 0 Å². The van der Waals surface area contributed by atoms with Crippen LogP contribution in [0.25, 0.3) is 0 Å². The van der Waals surface area contributed by atoms with Crippen molar-refractivity contribution in [3.05, 3.63) is 29.8 Å². The highest BCUT2D eigenvalue weighted by Gasteiger charge is 2.15. The Morgan fingerprint density at radius 3 is 2.88 bits per heavy atom. The Hall–Kier alpha value is -1.06. The first-order chi connectivity index (χ1) is 8.40. The normalized spacial score (nSPS) is 17.0. The van der Waals surface area contributed by atoms with Crippen molar-refractivity contribution < 1.29 is 9.84 Å². The van der Waals surface area contributed by atoms with Crippen LogP contribution in [0.4, 0.5) is 0 Å². The zero-order valence-electron chi connectivity index (χ0n) is 10.2. The lowest BCUT2D eigenvalue weighted by Crippen LogP contribution is -2.26. The first-order valence-electron chi connectivity index (χ1n) is 6.44. The largest absolute Gasteiger partial charge is 0.493 e. The van der Waals surface area contributed by atoms with Gasteiger partial charge in [-0.3, -0.25) is 0 Å². The molecule has 1 heterocycles. The maximum Gasteiger partial charge on any atom is 0.119 e. The number of hydrogen-bond donors (Lipinski definition) is 2. The number of hydrogen-bond acceptors (Lipinski definition) is 3. The van der Waals surface area contributed by atoms with E-state index in [1.807, 2.05) is 6.07 Å². The lowest BCUT2D eigenvalue weighted by molar-refractivity contribution is 0.233. The molecule has 1 aliphatic heterocycles. The summed E-state index contributed by atoms with van der Waals surface area (Å²) in [6, 6.07) is 8.38. The molecule has 0 unspecified atom stereocenters. The smallest absolute Gasteiger partial charge is 0.119 e. The van der Waals surface area contributed by atoms with Gasteiger partial charge in [-0.05, 0) is 49.5 Å². The third-order valence-electron chi connectivity index (χ3n) is 3.24. The minimum Gasteiger partial charge on any atom is -0.493 e. The second-order valence-electron chi connectivity index (χ2n) is 4.52. The zero-order chi connectivity index (χ0) is 11.9. The summed E-state index contributed by atoms with van der Waals surface area (Å²) < 4.78 is 5.60. The van der Waals surface area contributed by atoms with Crippen LogP contribution in [-0.4, -0.2) is 31.4 Å². The summed E-state index contributed by atoms with van der Waals surface area (Å²) >= 11 is 0. The van der Waals surface area contributed by atoms with Crippen molar-refractivity contribution in [1.29, 1.82) is 0 Å². The molecule has 1 saturated heterocycles. The molecule has 0 atom stereocenters. The molecule has 3 heteroatoms. The highest BCUT2D eigenvalue weighted by Crippen LogP contribution is 2.27. The molecular formula is C14H21NO2. The van der Waals surface area contributed by atoms with Crippen LogP contribution >= 0.6 is 0 Å². The minimum absolute atomic E-state index is 0.188. The maximum atomic E-state index is 8.72. The van der Waals surface area contributed by atoms with Gasteiger partial charge in [-0.1, -0.05) is 12.1 Å². The number of aliphatic hydroxyl groups is 1. The zero-order valence-corrected chi connectivity index (χ0v) is 10.2. The molecule has 17 heavy (non-hydrogen) atoms. The monoisotopic (exact) mass is 235 g/mol. The molecule has 1 aromatic rings. The van der Waals surface area contributed by atoms with Crippen LogP contribution in [0.3, 0.4) is 0 Å². The second-order valence-corrected chi connectivity index (χ2v) is 4.52. The van der Waals surface area contributed by atoms with E-state index in [-0.39, 0.29) is 6.61 Å². The molecule has 0 aromatic heterocycles. The average molecular weight is 235 g/mol. The van der Waals surface area contributed by atoms with E-state index in [9.17, 15) is 0 Å². The summed E-state index contributed by atoms with van der Waals surface area (Å²) in [5, 5.41) is 12.1. The van der Waals surface area contributed by atoms with Gasteiger partial charge in [-0.2, -0.15) is 0 Å². The quantitative estimate of drug-likeness (QED) is 0.766. The van der Waals surface area contributed by atoms with E-state index in [2.05, 4.69) is 23.5 Å². The van der Waals surface area contributed by atoms with Gasteiger partial charge < -0.3 is 15.2 Å². The van der Waals surface area contributed by atoms with Gasteiger partial charge in [0.25, 0.3) is 0 Å². The Kier molecular flexibility index (Phi) is 4.83. The van der Waals surface area contributed by atoms with Crippen molar-refractivity contribution in [1.82, 2.24) is 5.32 Å². The summed E-state index contributed by atoms with van der Waals surface area (Å²) in [6.45, 7) is 3.00. The van der Waals surface area contributed by atoms with E-state index in [4.69, 9.17) is 9.84 Å². The number of nitrogens with one attached hydrogen (secondary N) is 1. The molecule has 2 rings (SSSR count). The van der Waals surface area contributed by atoms with Gasteiger partial charge in [0.15, 0.2) is 0 Å². The second kappa shape index (κ2) is 6.62. The predicted octanol–water partition coefficient (Wildman–Crippen LogP) is 1.91. The molecule has 0 amide bonds. The van der Waals surface area contributed by atoms with Crippen LogP contribution in [0, 0.1) is 0 Å². The number of benzene rings is 1. The highest BCUT2D eigenvalue weighted by molar-refractivity contribution is 5.31. The Bertz CT molecular complexity index is 335. The number of aliphatic hydroxyl groups excluding tert-OH is 1. The van der Waals surface area contributed by atoms with Gasteiger partial charge in [-0.15, -0.1) is 0 Å².